The number of ether oxygens (including phenoxy) is 1. The van der Waals surface area contributed by atoms with Crippen LogP contribution in [0.15, 0.2) is 48.5 Å². The molecule has 0 aromatic heterocycles. The van der Waals surface area contributed by atoms with Gasteiger partial charge in [0, 0.05) is 6.54 Å². The van der Waals surface area contributed by atoms with Gasteiger partial charge >= 0.3 is 6.09 Å². The van der Waals surface area contributed by atoms with E-state index in [0.717, 1.165) is 5.56 Å². The minimum absolute atomic E-state index is 0.127. The number of nitrogens with one attached hydrogen (secondary N) is 2. The minimum atomic E-state index is -0.747. The second-order valence-corrected chi connectivity index (χ2v) is 6.73. The van der Waals surface area contributed by atoms with Crippen molar-refractivity contribution in [2.24, 2.45) is 5.92 Å². The summed E-state index contributed by atoms with van der Waals surface area (Å²) in [5.41, 5.74) is 2.06. The fraction of sp³-hybridized carbons (Fsp3) is 0.333. The third-order valence-corrected chi connectivity index (χ3v) is 4.14. The molecule has 0 heterocycles. The summed E-state index contributed by atoms with van der Waals surface area (Å²) in [4.78, 5) is 24.5. The highest BCUT2D eigenvalue weighted by atomic mass is 19.1. The second-order valence-electron chi connectivity index (χ2n) is 6.73. The molecule has 2 amide bonds. The van der Waals surface area contributed by atoms with Crippen LogP contribution in [0.5, 0.6) is 0 Å². The first-order chi connectivity index (χ1) is 12.9. The molecule has 6 heteroatoms. The highest BCUT2D eigenvalue weighted by molar-refractivity contribution is 5.85. The lowest BCUT2D eigenvalue weighted by molar-refractivity contribution is -0.124. The first-order valence-corrected chi connectivity index (χ1v) is 8.86. The minimum Gasteiger partial charge on any atom is -0.445 e. The predicted octanol–water partition coefficient (Wildman–Crippen LogP) is 3.70. The van der Waals surface area contributed by atoms with Crippen molar-refractivity contribution >= 4 is 12.0 Å². The number of rotatable bonds is 7. The van der Waals surface area contributed by atoms with Crippen molar-refractivity contribution in [2.75, 3.05) is 0 Å². The van der Waals surface area contributed by atoms with Crippen LogP contribution >= 0.6 is 0 Å². The summed E-state index contributed by atoms with van der Waals surface area (Å²) in [6.45, 7) is 5.64. The quantitative estimate of drug-likeness (QED) is 0.779. The zero-order chi connectivity index (χ0) is 19.8. The summed E-state index contributed by atoms with van der Waals surface area (Å²) < 4.78 is 18.8. The van der Waals surface area contributed by atoms with Crippen LogP contribution in [0.2, 0.25) is 0 Å². The molecule has 5 nitrogen and oxygen atoms in total. The first kappa shape index (κ1) is 20.4. The Morgan fingerprint density at radius 2 is 1.78 bits per heavy atom. The molecule has 2 aromatic carbocycles. The van der Waals surface area contributed by atoms with Gasteiger partial charge in [-0.25, -0.2) is 9.18 Å². The number of hydrogen-bond acceptors (Lipinski definition) is 3. The zero-order valence-corrected chi connectivity index (χ0v) is 15.8. The monoisotopic (exact) mass is 372 g/mol. The molecule has 2 N–H and O–H groups in total. The highest BCUT2D eigenvalue weighted by Gasteiger charge is 2.24. The molecule has 0 spiro atoms. The Morgan fingerprint density at radius 3 is 2.41 bits per heavy atom. The van der Waals surface area contributed by atoms with Crippen LogP contribution in [0.4, 0.5) is 9.18 Å². The molecule has 0 radical (unpaired) electrons. The second kappa shape index (κ2) is 9.71. The Labute approximate surface area is 158 Å². The van der Waals surface area contributed by atoms with E-state index < -0.39 is 12.1 Å². The summed E-state index contributed by atoms with van der Waals surface area (Å²) in [6, 6.07) is 13.3. The van der Waals surface area contributed by atoms with E-state index >= 15 is 0 Å². The molecule has 0 fully saturated rings. The van der Waals surface area contributed by atoms with E-state index in [1.54, 1.807) is 19.1 Å². The van der Waals surface area contributed by atoms with Gasteiger partial charge in [0.1, 0.15) is 18.5 Å². The van der Waals surface area contributed by atoms with E-state index in [1.165, 1.54) is 6.07 Å². The van der Waals surface area contributed by atoms with Crippen LogP contribution in [-0.4, -0.2) is 18.0 Å². The molecule has 2 rings (SSSR count). The van der Waals surface area contributed by atoms with Crippen LogP contribution in [0, 0.1) is 18.7 Å². The SMILES string of the molecule is Cc1ccc(CNC(=O)[C@H](NC(=O)OCc2ccccc2)C(C)C)cc1F. The maximum Gasteiger partial charge on any atom is 0.408 e. The van der Waals surface area contributed by atoms with E-state index in [-0.39, 0.29) is 30.8 Å². The Morgan fingerprint density at radius 1 is 1.07 bits per heavy atom. The molecule has 27 heavy (non-hydrogen) atoms. The van der Waals surface area contributed by atoms with Gasteiger partial charge < -0.3 is 15.4 Å². The molecular weight excluding hydrogens is 347 g/mol. The van der Waals surface area contributed by atoms with E-state index in [4.69, 9.17) is 4.74 Å². The van der Waals surface area contributed by atoms with Crippen LogP contribution in [0.25, 0.3) is 0 Å². The molecule has 1 atom stereocenters. The van der Waals surface area contributed by atoms with Crippen molar-refractivity contribution in [3.8, 4) is 0 Å². The van der Waals surface area contributed by atoms with Gasteiger partial charge in [-0.1, -0.05) is 56.3 Å². The molecule has 0 aliphatic rings. The summed E-state index contributed by atoms with van der Waals surface area (Å²) in [5, 5.41) is 5.33. The van der Waals surface area contributed by atoms with E-state index in [0.29, 0.717) is 11.1 Å². The third-order valence-electron chi connectivity index (χ3n) is 4.14. The van der Waals surface area contributed by atoms with Crippen molar-refractivity contribution in [1.82, 2.24) is 10.6 Å². The Hall–Kier alpha value is -2.89. The van der Waals surface area contributed by atoms with Crippen molar-refractivity contribution < 1.29 is 18.7 Å². The lowest BCUT2D eigenvalue weighted by Gasteiger charge is -2.21. The van der Waals surface area contributed by atoms with Crippen molar-refractivity contribution in [1.29, 1.82) is 0 Å². The van der Waals surface area contributed by atoms with E-state index in [9.17, 15) is 14.0 Å². The summed E-state index contributed by atoms with van der Waals surface area (Å²) >= 11 is 0. The predicted molar refractivity (Wildman–Crippen MR) is 101 cm³/mol. The third kappa shape index (κ3) is 6.40. The average Bonchev–Trinajstić information content (AvgIpc) is 2.65. The molecule has 0 aliphatic carbocycles. The fourth-order valence-electron chi connectivity index (χ4n) is 2.47. The number of carbonyl (C=O) groups is 2. The maximum absolute atomic E-state index is 13.6. The lowest BCUT2D eigenvalue weighted by atomic mass is 10.0. The number of benzene rings is 2. The van der Waals surface area contributed by atoms with E-state index in [1.807, 2.05) is 44.2 Å². The van der Waals surface area contributed by atoms with Gasteiger partial charge in [-0.2, -0.15) is 0 Å². The van der Waals surface area contributed by atoms with Gasteiger partial charge in [0.25, 0.3) is 0 Å². The smallest absolute Gasteiger partial charge is 0.408 e. The fourth-order valence-corrected chi connectivity index (χ4v) is 2.47. The van der Waals surface area contributed by atoms with Crippen LogP contribution in [0.1, 0.15) is 30.5 Å². The number of aryl methyl sites for hydroxylation is 1. The molecule has 0 saturated carbocycles. The van der Waals surface area contributed by atoms with Crippen molar-refractivity contribution in [3.05, 3.63) is 71.0 Å². The number of alkyl carbamates (subject to hydrolysis) is 1. The number of carbonyl (C=O) groups excluding carboxylic acids is 2. The summed E-state index contributed by atoms with van der Waals surface area (Å²) in [7, 11) is 0. The lowest BCUT2D eigenvalue weighted by Crippen LogP contribution is -2.49. The first-order valence-electron chi connectivity index (χ1n) is 8.86. The number of hydrogen-bond donors (Lipinski definition) is 2. The van der Waals surface area contributed by atoms with Crippen LogP contribution in [0.3, 0.4) is 0 Å². The molecule has 0 unspecified atom stereocenters. The number of amides is 2. The van der Waals surface area contributed by atoms with Gasteiger partial charge in [-0.05, 0) is 35.6 Å². The Balaban J connectivity index is 1.88. The van der Waals surface area contributed by atoms with Gasteiger partial charge in [-0.15, -0.1) is 0 Å². The molecule has 0 saturated heterocycles. The zero-order valence-electron chi connectivity index (χ0n) is 15.8. The van der Waals surface area contributed by atoms with Crippen LogP contribution < -0.4 is 10.6 Å². The standard InChI is InChI=1S/C21H25FN2O3/c1-14(2)19(24-21(26)27-13-16-7-5-4-6-8-16)20(25)23-12-17-10-9-15(3)18(22)11-17/h4-11,14,19H,12-13H2,1-3H3,(H,23,25)(H,24,26)/t19-/m1/s1. The largest absolute Gasteiger partial charge is 0.445 e. The highest BCUT2D eigenvalue weighted by Crippen LogP contribution is 2.10. The van der Waals surface area contributed by atoms with Crippen molar-refractivity contribution in [3.63, 3.8) is 0 Å². The Kier molecular flexibility index (Phi) is 7.34. The summed E-state index contributed by atoms with van der Waals surface area (Å²) in [6.07, 6.45) is -0.658. The van der Waals surface area contributed by atoms with Gasteiger partial charge in [-0.3, -0.25) is 4.79 Å². The normalized spacial score (nSPS) is 11.7. The van der Waals surface area contributed by atoms with E-state index in [2.05, 4.69) is 10.6 Å². The van der Waals surface area contributed by atoms with Crippen molar-refractivity contribution in [2.45, 2.75) is 40.0 Å². The Bertz CT molecular complexity index is 778. The molecular formula is C21H25FN2O3. The number of halogens is 1. The van der Waals surface area contributed by atoms with Gasteiger partial charge in [0.15, 0.2) is 0 Å². The van der Waals surface area contributed by atoms with Gasteiger partial charge in [0.2, 0.25) is 5.91 Å². The molecule has 0 aliphatic heterocycles. The molecule has 0 bridgehead atoms. The maximum atomic E-state index is 13.6. The van der Waals surface area contributed by atoms with Crippen LogP contribution in [-0.2, 0) is 22.7 Å². The molecule has 2 aromatic rings. The topological polar surface area (TPSA) is 67.4 Å². The van der Waals surface area contributed by atoms with Gasteiger partial charge in [0.05, 0.1) is 0 Å². The summed E-state index contributed by atoms with van der Waals surface area (Å²) in [5.74, 6) is -0.795. The average molecular weight is 372 g/mol. The molecule has 144 valence electrons.